The van der Waals surface area contributed by atoms with Crippen molar-refractivity contribution in [3.63, 3.8) is 0 Å². The van der Waals surface area contributed by atoms with E-state index in [9.17, 15) is 9.18 Å². The lowest BCUT2D eigenvalue weighted by molar-refractivity contribution is -0.116. The van der Waals surface area contributed by atoms with Gasteiger partial charge in [-0.2, -0.15) is 0 Å². The molecule has 4 rings (SSSR count). The molecular formula is C26H24BrFN2O3S. The van der Waals surface area contributed by atoms with E-state index in [0.29, 0.717) is 26.4 Å². The summed E-state index contributed by atoms with van der Waals surface area (Å²) < 4.78 is 25.9. The number of rotatable bonds is 8. The summed E-state index contributed by atoms with van der Waals surface area (Å²) in [6, 6.07) is 18.2. The van der Waals surface area contributed by atoms with Crippen molar-refractivity contribution in [2.24, 2.45) is 0 Å². The Morgan fingerprint density at radius 2 is 1.94 bits per heavy atom. The Morgan fingerprint density at radius 1 is 1.18 bits per heavy atom. The van der Waals surface area contributed by atoms with Gasteiger partial charge < -0.3 is 20.1 Å². The standard InChI is InChI=1S/C26H24BrFN2O3S/c1-3-16-8-10-19(11-9-16)29-26-30-25(31)23(34-26)14-17-12-20(27)24(22(13-17)32-2)33-15-18-6-4-5-7-21(18)28/h4-14,26,29H,3,15H2,1-2H3,(H,30,31)/b23-14-/t26-/m1/s1. The normalized spacial score (nSPS) is 16.4. The Morgan fingerprint density at radius 3 is 2.65 bits per heavy atom. The van der Waals surface area contributed by atoms with Gasteiger partial charge in [0.2, 0.25) is 0 Å². The third-order valence-electron chi connectivity index (χ3n) is 5.27. The maximum atomic E-state index is 13.9. The molecule has 5 nitrogen and oxygen atoms in total. The second-order valence-electron chi connectivity index (χ2n) is 7.59. The SMILES string of the molecule is CCc1ccc(N[C@@H]2NC(=O)/C(=C/c3cc(Br)c(OCc4ccccc4F)c(OC)c3)S2)cc1. The number of thioether (sulfide) groups is 1. The molecule has 34 heavy (non-hydrogen) atoms. The first-order chi connectivity index (χ1) is 16.5. The molecule has 3 aromatic carbocycles. The van der Waals surface area contributed by atoms with Gasteiger partial charge in [0.05, 0.1) is 16.5 Å². The molecule has 1 heterocycles. The van der Waals surface area contributed by atoms with E-state index in [-0.39, 0.29) is 23.8 Å². The minimum atomic E-state index is -0.326. The van der Waals surface area contributed by atoms with Crippen LogP contribution in [0.5, 0.6) is 11.5 Å². The number of carbonyl (C=O) groups excluding carboxylic acids is 1. The molecule has 3 aromatic rings. The summed E-state index contributed by atoms with van der Waals surface area (Å²) >= 11 is 4.93. The zero-order valence-corrected chi connectivity index (χ0v) is 21.1. The van der Waals surface area contributed by atoms with Crippen molar-refractivity contribution in [1.82, 2.24) is 5.32 Å². The van der Waals surface area contributed by atoms with Gasteiger partial charge in [0, 0.05) is 11.3 Å². The molecule has 0 spiro atoms. The number of amides is 1. The number of carbonyl (C=O) groups is 1. The Labute approximate surface area is 210 Å². The molecule has 0 aliphatic carbocycles. The lowest BCUT2D eigenvalue weighted by Crippen LogP contribution is -2.30. The fourth-order valence-corrected chi connectivity index (χ4v) is 4.99. The zero-order chi connectivity index (χ0) is 24.1. The average Bonchev–Trinajstić information content (AvgIpc) is 3.17. The number of methoxy groups -OCH3 is 1. The van der Waals surface area contributed by atoms with Gasteiger partial charge in [0.1, 0.15) is 12.4 Å². The van der Waals surface area contributed by atoms with Gasteiger partial charge in [-0.3, -0.25) is 4.79 Å². The highest BCUT2D eigenvalue weighted by Gasteiger charge is 2.27. The van der Waals surface area contributed by atoms with E-state index in [1.165, 1.54) is 30.5 Å². The summed E-state index contributed by atoms with van der Waals surface area (Å²) in [5.74, 6) is 0.466. The quantitative estimate of drug-likeness (QED) is 0.325. The minimum absolute atomic E-state index is 0.0624. The number of ether oxygens (including phenoxy) is 2. The fourth-order valence-electron chi connectivity index (χ4n) is 3.43. The van der Waals surface area contributed by atoms with E-state index in [4.69, 9.17) is 9.47 Å². The van der Waals surface area contributed by atoms with Gasteiger partial charge in [-0.1, -0.05) is 49.0 Å². The Hall–Kier alpha value is -2.97. The second kappa shape index (κ2) is 11.0. The molecule has 2 N–H and O–H groups in total. The van der Waals surface area contributed by atoms with Crippen LogP contribution in [-0.2, 0) is 17.8 Å². The molecule has 0 bridgehead atoms. The van der Waals surface area contributed by atoms with Crippen LogP contribution >= 0.6 is 27.7 Å². The van der Waals surface area contributed by atoms with Crippen molar-refractivity contribution in [2.75, 3.05) is 12.4 Å². The summed E-state index contributed by atoms with van der Waals surface area (Å²) in [4.78, 5) is 13.1. The number of hydrogen-bond donors (Lipinski definition) is 2. The van der Waals surface area contributed by atoms with Gasteiger partial charge in [0.25, 0.3) is 5.91 Å². The monoisotopic (exact) mass is 542 g/mol. The van der Waals surface area contributed by atoms with E-state index in [1.807, 2.05) is 18.2 Å². The number of benzene rings is 3. The zero-order valence-electron chi connectivity index (χ0n) is 18.7. The van der Waals surface area contributed by atoms with Gasteiger partial charge in [-0.15, -0.1) is 0 Å². The lowest BCUT2D eigenvalue weighted by Gasteiger charge is -2.14. The molecule has 176 valence electrons. The van der Waals surface area contributed by atoms with E-state index in [0.717, 1.165) is 17.7 Å². The Balaban J connectivity index is 1.48. The first-order valence-corrected chi connectivity index (χ1v) is 12.4. The van der Waals surface area contributed by atoms with Gasteiger partial charge in [-0.25, -0.2) is 4.39 Å². The van der Waals surface area contributed by atoms with Crippen LogP contribution in [0.1, 0.15) is 23.6 Å². The van der Waals surface area contributed by atoms with E-state index < -0.39 is 0 Å². The number of anilines is 1. The molecule has 0 unspecified atom stereocenters. The number of hydrogen-bond acceptors (Lipinski definition) is 5. The highest BCUT2D eigenvalue weighted by atomic mass is 79.9. The number of nitrogens with one attached hydrogen (secondary N) is 2. The predicted octanol–water partition coefficient (Wildman–Crippen LogP) is 6.34. The summed E-state index contributed by atoms with van der Waals surface area (Å²) in [5.41, 5.74) is 3.16. The molecule has 1 saturated heterocycles. The van der Waals surface area contributed by atoms with Crippen molar-refractivity contribution in [3.05, 3.63) is 92.5 Å². The van der Waals surface area contributed by atoms with Crippen LogP contribution in [0, 0.1) is 5.82 Å². The maximum Gasteiger partial charge on any atom is 0.260 e. The minimum Gasteiger partial charge on any atom is -0.493 e. The molecule has 8 heteroatoms. The summed E-state index contributed by atoms with van der Waals surface area (Å²) in [6.07, 6.45) is 2.78. The van der Waals surface area contributed by atoms with Crippen LogP contribution < -0.4 is 20.1 Å². The van der Waals surface area contributed by atoms with Crippen LogP contribution in [0.25, 0.3) is 6.08 Å². The van der Waals surface area contributed by atoms with Crippen LogP contribution in [0.4, 0.5) is 10.1 Å². The molecule has 1 amide bonds. The summed E-state index contributed by atoms with van der Waals surface area (Å²) in [6.45, 7) is 2.18. The molecule has 1 atom stereocenters. The average molecular weight is 543 g/mol. The Bertz CT molecular complexity index is 1220. The van der Waals surface area contributed by atoms with Crippen molar-refractivity contribution in [3.8, 4) is 11.5 Å². The van der Waals surface area contributed by atoms with Gasteiger partial charge in [0.15, 0.2) is 17.0 Å². The van der Waals surface area contributed by atoms with Crippen LogP contribution in [-0.4, -0.2) is 18.5 Å². The van der Waals surface area contributed by atoms with Crippen molar-refractivity contribution in [2.45, 2.75) is 25.4 Å². The third kappa shape index (κ3) is 5.74. The predicted molar refractivity (Wildman–Crippen MR) is 138 cm³/mol. The van der Waals surface area contributed by atoms with Crippen LogP contribution in [0.2, 0.25) is 0 Å². The van der Waals surface area contributed by atoms with E-state index in [2.05, 4.69) is 45.6 Å². The fraction of sp³-hybridized carbons (Fsp3) is 0.192. The lowest BCUT2D eigenvalue weighted by atomic mass is 10.1. The van der Waals surface area contributed by atoms with Crippen LogP contribution in [0.15, 0.2) is 70.0 Å². The molecule has 1 aliphatic heterocycles. The smallest absolute Gasteiger partial charge is 0.260 e. The largest absolute Gasteiger partial charge is 0.493 e. The van der Waals surface area contributed by atoms with Crippen LogP contribution in [0.3, 0.4) is 0 Å². The highest BCUT2D eigenvalue weighted by molar-refractivity contribution is 9.10. The molecule has 1 fully saturated rings. The number of aryl methyl sites for hydroxylation is 1. The molecular weight excluding hydrogens is 519 g/mol. The van der Waals surface area contributed by atoms with E-state index in [1.54, 1.807) is 30.3 Å². The topological polar surface area (TPSA) is 59.6 Å². The molecule has 0 aromatic heterocycles. The third-order valence-corrected chi connectivity index (χ3v) is 6.89. The maximum absolute atomic E-state index is 13.9. The van der Waals surface area contributed by atoms with E-state index >= 15 is 0 Å². The van der Waals surface area contributed by atoms with Crippen molar-refractivity contribution >= 4 is 45.4 Å². The molecule has 0 saturated carbocycles. The molecule has 1 aliphatic rings. The summed E-state index contributed by atoms with van der Waals surface area (Å²) in [5, 5.41) is 6.26. The van der Waals surface area contributed by atoms with Gasteiger partial charge in [-0.05, 0) is 69.9 Å². The second-order valence-corrected chi connectivity index (χ2v) is 9.59. The number of halogens is 2. The first-order valence-electron chi connectivity index (χ1n) is 10.7. The first kappa shape index (κ1) is 24.2. The van der Waals surface area contributed by atoms with Crippen molar-refractivity contribution in [1.29, 1.82) is 0 Å². The highest BCUT2D eigenvalue weighted by Crippen LogP contribution is 2.39. The Kier molecular flexibility index (Phi) is 7.80. The molecule has 0 radical (unpaired) electrons. The van der Waals surface area contributed by atoms with Gasteiger partial charge >= 0.3 is 0 Å². The summed E-state index contributed by atoms with van der Waals surface area (Å²) in [7, 11) is 1.54. The van der Waals surface area contributed by atoms with Crippen molar-refractivity contribution < 1.29 is 18.7 Å².